The number of hydrogen-bond acceptors (Lipinski definition) is 4. The van der Waals surface area contributed by atoms with Crippen molar-refractivity contribution in [2.75, 3.05) is 12.5 Å². The monoisotopic (exact) mass is 450 g/mol. The second-order valence-electron chi connectivity index (χ2n) is 6.62. The van der Waals surface area contributed by atoms with Crippen molar-refractivity contribution >= 4 is 46.7 Å². The standard InChI is InChI=1S/C21H29Cl3O4/c22-15-7-5-3-1-2-4-6-8-16-27-19(25)13-10-14-20(26)28-18-12-9-11-17(23)21(18)24/h9,11-12H,1-8,10,13-16H2. The van der Waals surface area contributed by atoms with Crippen LogP contribution in [0.3, 0.4) is 0 Å². The Morgan fingerprint density at radius 1 is 0.786 bits per heavy atom. The van der Waals surface area contributed by atoms with E-state index in [4.69, 9.17) is 44.3 Å². The van der Waals surface area contributed by atoms with Gasteiger partial charge in [0.2, 0.25) is 0 Å². The molecule has 0 saturated heterocycles. The average molecular weight is 452 g/mol. The van der Waals surface area contributed by atoms with Crippen molar-refractivity contribution in [3.05, 3.63) is 28.2 Å². The third kappa shape index (κ3) is 11.8. The van der Waals surface area contributed by atoms with Gasteiger partial charge in [0, 0.05) is 18.7 Å². The third-order valence-corrected chi connectivity index (χ3v) is 5.26. The Labute approximate surface area is 182 Å². The minimum atomic E-state index is -0.456. The molecule has 0 aliphatic carbocycles. The van der Waals surface area contributed by atoms with Gasteiger partial charge in [-0.2, -0.15) is 0 Å². The maximum absolute atomic E-state index is 11.8. The Balaban J connectivity index is 2.00. The maximum Gasteiger partial charge on any atom is 0.311 e. The molecule has 4 nitrogen and oxygen atoms in total. The molecule has 0 N–H and O–H groups in total. The summed E-state index contributed by atoms with van der Waals surface area (Å²) in [6.07, 6.45) is 9.80. The Morgan fingerprint density at radius 3 is 2.07 bits per heavy atom. The lowest BCUT2D eigenvalue weighted by Crippen LogP contribution is -2.10. The molecule has 0 amide bonds. The molecule has 0 saturated carbocycles. The lowest BCUT2D eigenvalue weighted by molar-refractivity contribution is -0.144. The van der Waals surface area contributed by atoms with E-state index in [1.165, 1.54) is 25.7 Å². The minimum absolute atomic E-state index is 0.113. The van der Waals surface area contributed by atoms with Crippen molar-refractivity contribution in [1.29, 1.82) is 0 Å². The molecular formula is C21H29Cl3O4. The SMILES string of the molecule is O=C(CCCC(=O)Oc1cccc(Cl)c1Cl)OCCCCCCCCCCCl. The molecule has 0 aliphatic rings. The summed E-state index contributed by atoms with van der Waals surface area (Å²) >= 11 is 17.5. The van der Waals surface area contributed by atoms with Crippen molar-refractivity contribution < 1.29 is 19.1 Å². The number of benzene rings is 1. The van der Waals surface area contributed by atoms with Gasteiger partial charge in [0.05, 0.1) is 11.6 Å². The van der Waals surface area contributed by atoms with Gasteiger partial charge in [-0.1, -0.05) is 67.8 Å². The summed E-state index contributed by atoms with van der Waals surface area (Å²) in [5, 5.41) is 0.522. The van der Waals surface area contributed by atoms with E-state index in [1.807, 2.05) is 0 Å². The van der Waals surface area contributed by atoms with Crippen LogP contribution in [0.1, 0.15) is 70.6 Å². The second-order valence-corrected chi connectivity index (χ2v) is 7.78. The third-order valence-electron chi connectivity index (χ3n) is 4.19. The molecule has 0 unspecified atom stereocenters. The molecule has 0 bridgehead atoms. The van der Waals surface area contributed by atoms with Crippen LogP contribution in [0, 0.1) is 0 Å². The smallest absolute Gasteiger partial charge is 0.311 e. The number of carbonyl (C=O) groups is 2. The molecule has 1 aromatic rings. The molecule has 1 rings (SSSR count). The van der Waals surface area contributed by atoms with Gasteiger partial charge < -0.3 is 9.47 Å². The van der Waals surface area contributed by atoms with E-state index in [0.29, 0.717) is 18.1 Å². The predicted octanol–water partition coefficient (Wildman–Crippen LogP) is 6.97. The van der Waals surface area contributed by atoms with Crippen molar-refractivity contribution in [3.8, 4) is 5.75 Å². The van der Waals surface area contributed by atoms with Gasteiger partial charge in [0.15, 0.2) is 5.75 Å². The fourth-order valence-corrected chi connectivity index (χ4v) is 3.15. The highest BCUT2D eigenvalue weighted by Gasteiger charge is 2.12. The first-order valence-electron chi connectivity index (χ1n) is 9.91. The van der Waals surface area contributed by atoms with Gasteiger partial charge in [0.1, 0.15) is 5.02 Å². The zero-order valence-electron chi connectivity index (χ0n) is 16.2. The van der Waals surface area contributed by atoms with Crippen LogP contribution in [-0.2, 0) is 14.3 Å². The molecule has 1 aromatic carbocycles. The van der Waals surface area contributed by atoms with Gasteiger partial charge in [-0.3, -0.25) is 9.59 Å². The Kier molecular flexibility index (Phi) is 14.2. The van der Waals surface area contributed by atoms with Crippen LogP contribution in [0.15, 0.2) is 18.2 Å². The lowest BCUT2D eigenvalue weighted by atomic mass is 10.1. The summed E-state index contributed by atoms with van der Waals surface area (Å²) in [4.78, 5) is 23.5. The second kappa shape index (κ2) is 15.9. The molecule has 0 aliphatic heterocycles. The molecule has 0 heterocycles. The Hall–Kier alpha value is -0.970. The summed E-state index contributed by atoms with van der Waals surface area (Å²) in [7, 11) is 0. The number of rotatable bonds is 15. The van der Waals surface area contributed by atoms with Crippen LogP contribution < -0.4 is 4.74 Å². The number of carbonyl (C=O) groups excluding carboxylic acids is 2. The van der Waals surface area contributed by atoms with E-state index in [2.05, 4.69) is 0 Å². The molecule has 0 atom stereocenters. The number of halogens is 3. The van der Waals surface area contributed by atoms with Gasteiger partial charge in [0.25, 0.3) is 0 Å². The molecule has 0 aromatic heterocycles. The van der Waals surface area contributed by atoms with Crippen molar-refractivity contribution in [2.24, 2.45) is 0 Å². The van der Waals surface area contributed by atoms with Crippen molar-refractivity contribution in [3.63, 3.8) is 0 Å². The summed E-state index contributed by atoms with van der Waals surface area (Å²) in [5.74, 6) is 0.237. The van der Waals surface area contributed by atoms with Crippen LogP contribution in [-0.4, -0.2) is 24.4 Å². The largest absolute Gasteiger partial charge is 0.466 e. The predicted molar refractivity (Wildman–Crippen MR) is 115 cm³/mol. The number of hydrogen-bond donors (Lipinski definition) is 0. The highest BCUT2D eigenvalue weighted by Crippen LogP contribution is 2.31. The van der Waals surface area contributed by atoms with Crippen LogP contribution in [0.25, 0.3) is 0 Å². The van der Waals surface area contributed by atoms with E-state index in [0.717, 1.165) is 31.6 Å². The summed E-state index contributed by atoms with van der Waals surface area (Å²) < 4.78 is 10.4. The van der Waals surface area contributed by atoms with Gasteiger partial charge in [-0.15, -0.1) is 11.6 Å². The van der Waals surface area contributed by atoms with Gasteiger partial charge in [-0.05, 0) is 31.4 Å². The number of esters is 2. The molecule has 7 heteroatoms. The Morgan fingerprint density at radius 2 is 1.39 bits per heavy atom. The lowest BCUT2D eigenvalue weighted by Gasteiger charge is -2.07. The first kappa shape index (κ1) is 25.1. The highest BCUT2D eigenvalue weighted by atomic mass is 35.5. The van der Waals surface area contributed by atoms with Crippen LogP contribution in [0.2, 0.25) is 10.0 Å². The topological polar surface area (TPSA) is 52.6 Å². The van der Waals surface area contributed by atoms with Crippen molar-refractivity contribution in [1.82, 2.24) is 0 Å². The van der Waals surface area contributed by atoms with Gasteiger partial charge in [-0.25, -0.2) is 0 Å². The quantitative estimate of drug-likeness (QED) is 0.125. The highest BCUT2D eigenvalue weighted by molar-refractivity contribution is 6.43. The fraction of sp³-hybridized carbons (Fsp3) is 0.619. The number of alkyl halides is 1. The summed E-state index contributed by atoms with van der Waals surface area (Å²) in [5.41, 5.74) is 0. The Bertz CT molecular complexity index is 593. The van der Waals surface area contributed by atoms with E-state index in [1.54, 1.807) is 18.2 Å². The molecule has 28 heavy (non-hydrogen) atoms. The van der Waals surface area contributed by atoms with Gasteiger partial charge >= 0.3 is 11.9 Å². The van der Waals surface area contributed by atoms with Crippen molar-refractivity contribution in [2.45, 2.75) is 70.6 Å². The molecule has 0 radical (unpaired) electrons. The number of ether oxygens (including phenoxy) is 2. The average Bonchev–Trinajstić information content (AvgIpc) is 2.67. The van der Waals surface area contributed by atoms with E-state index in [9.17, 15) is 9.59 Å². The van der Waals surface area contributed by atoms with E-state index in [-0.39, 0.29) is 29.6 Å². The zero-order chi connectivity index (χ0) is 20.6. The minimum Gasteiger partial charge on any atom is -0.466 e. The normalized spacial score (nSPS) is 10.7. The number of unbranched alkanes of at least 4 members (excludes halogenated alkanes) is 7. The van der Waals surface area contributed by atoms with Crippen LogP contribution in [0.4, 0.5) is 0 Å². The maximum atomic E-state index is 11.8. The fourth-order valence-electron chi connectivity index (χ4n) is 2.63. The summed E-state index contributed by atoms with van der Waals surface area (Å²) in [6.45, 7) is 0.438. The molecule has 158 valence electrons. The molecule has 0 spiro atoms. The van der Waals surface area contributed by atoms with E-state index >= 15 is 0 Å². The molecule has 0 fully saturated rings. The van der Waals surface area contributed by atoms with Crippen LogP contribution in [0.5, 0.6) is 5.75 Å². The van der Waals surface area contributed by atoms with E-state index < -0.39 is 5.97 Å². The first-order chi connectivity index (χ1) is 13.5. The zero-order valence-corrected chi connectivity index (χ0v) is 18.5. The van der Waals surface area contributed by atoms with Crippen LogP contribution >= 0.6 is 34.8 Å². The summed E-state index contributed by atoms with van der Waals surface area (Å²) in [6, 6.07) is 4.83. The molecular weight excluding hydrogens is 423 g/mol. The first-order valence-corrected chi connectivity index (χ1v) is 11.2.